The Hall–Kier alpha value is -0.320. The highest BCUT2D eigenvalue weighted by atomic mass is 35.5. The number of benzene rings is 1. The van der Waals surface area contributed by atoms with E-state index in [9.17, 15) is 0 Å². The molecule has 0 amide bonds. The van der Waals surface area contributed by atoms with E-state index in [1.165, 1.54) is 44.5 Å². The van der Waals surface area contributed by atoms with Gasteiger partial charge in [0.2, 0.25) is 0 Å². The number of rotatable bonds is 4. The molecule has 2 aliphatic rings. The third kappa shape index (κ3) is 4.44. The van der Waals surface area contributed by atoms with Crippen molar-refractivity contribution in [1.82, 2.24) is 9.80 Å². The molecular formula is C19H28Cl2N2O. The van der Waals surface area contributed by atoms with Gasteiger partial charge in [0.1, 0.15) is 0 Å². The first-order chi connectivity index (χ1) is 11.6. The molecule has 2 atom stereocenters. The SMILES string of the molecule is COC1CN(C2CCN(C)CC2)CCC1Cc1ccc(Cl)c(Cl)c1. The molecule has 0 bridgehead atoms. The third-order valence-electron chi connectivity index (χ3n) is 5.72. The highest BCUT2D eigenvalue weighted by Gasteiger charge is 2.33. The summed E-state index contributed by atoms with van der Waals surface area (Å²) in [6, 6.07) is 6.71. The van der Waals surface area contributed by atoms with Gasteiger partial charge >= 0.3 is 0 Å². The van der Waals surface area contributed by atoms with Gasteiger partial charge in [0, 0.05) is 19.7 Å². The summed E-state index contributed by atoms with van der Waals surface area (Å²) in [6.07, 6.45) is 5.06. The molecule has 3 rings (SSSR count). The van der Waals surface area contributed by atoms with E-state index in [1.807, 2.05) is 19.2 Å². The van der Waals surface area contributed by atoms with Crippen LogP contribution in [0, 0.1) is 5.92 Å². The van der Waals surface area contributed by atoms with Gasteiger partial charge in [-0.15, -0.1) is 0 Å². The Morgan fingerprint density at radius 3 is 2.50 bits per heavy atom. The molecular weight excluding hydrogens is 343 g/mol. The van der Waals surface area contributed by atoms with Crippen LogP contribution in [-0.2, 0) is 11.2 Å². The van der Waals surface area contributed by atoms with Gasteiger partial charge in [0.05, 0.1) is 16.1 Å². The standard InChI is InChI=1S/C19H28Cl2N2O/c1-22-8-6-16(7-9-22)23-10-5-15(19(13-23)24-2)11-14-3-4-17(20)18(21)12-14/h3-4,12,15-16,19H,5-11,13H2,1-2H3. The van der Waals surface area contributed by atoms with Crippen molar-refractivity contribution < 1.29 is 4.74 Å². The molecule has 0 saturated carbocycles. The lowest BCUT2D eigenvalue weighted by atomic mass is 9.86. The Labute approximate surface area is 155 Å². The average Bonchev–Trinajstić information content (AvgIpc) is 2.59. The average molecular weight is 371 g/mol. The number of hydrogen-bond donors (Lipinski definition) is 0. The second kappa shape index (κ2) is 8.37. The van der Waals surface area contributed by atoms with E-state index in [4.69, 9.17) is 27.9 Å². The fraction of sp³-hybridized carbons (Fsp3) is 0.684. The molecule has 2 saturated heterocycles. The van der Waals surface area contributed by atoms with Gasteiger partial charge in [-0.2, -0.15) is 0 Å². The van der Waals surface area contributed by atoms with Crippen LogP contribution in [0.15, 0.2) is 18.2 Å². The van der Waals surface area contributed by atoms with Crippen LogP contribution in [0.4, 0.5) is 0 Å². The van der Waals surface area contributed by atoms with Gasteiger partial charge in [-0.25, -0.2) is 0 Å². The van der Waals surface area contributed by atoms with E-state index < -0.39 is 0 Å². The lowest BCUT2D eigenvalue weighted by molar-refractivity contribution is -0.0325. The predicted octanol–water partition coefficient (Wildman–Crippen LogP) is 3.97. The number of likely N-dealkylation sites (tertiary alicyclic amines) is 2. The van der Waals surface area contributed by atoms with Crippen molar-refractivity contribution in [2.24, 2.45) is 5.92 Å². The van der Waals surface area contributed by atoms with Gasteiger partial charge in [-0.05, 0) is 76.0 Å². The summed E-state index contributed by atoms with van der Waals surface area (Å²) in [6.45, 7) is 4.66. The largest absolute Gasteiger partial charge is 0.380 e. The molecule has 3 nitrogen and oxygen atoms in total. The molecule has 0 aromatic heterocycles. The van der Waals surface area contributed by atoms with E-state index in [0.717, 1.165) is 19.0 Å². The summed E-state index contributed by atoms with van der Waals surface area (Å²) in [5.74, 6) is 0.551. The summed E-state index contributed by atoms with van der Waals surface area (Å²) < 4.78 is 5.86. The summed E-state index contributed by atoms with van der Waals surface area (Å²) in [5, 5.41) is 1.27. The van der Waals surface area contributed by atoms with Crippen LogP contribution in [0.2, 0.25) is 10.0 Å². The van der Waals surface area contributed by atoms with Crippen LogP contribution < -0.4 is 0 Å². The first-order valence-electron chi connectivity index (χ1n) is 8.96. The maximum atomic E-state index is 6.16. The second-order valence-electron chi connectivity index (χ2n) is 7.30. The first kappa shape index (κ1) is 18.5. The molecule has 1 aromatic rings. The maximum absolute atomic E-state index is 6.16. The van der Waals surface area contributed by atoms with Crippen molar-refractivity contribution >= 4 is 23.2 Å². The molecule has 2 aliphatic heterocycles. The Kier molecular flexibility index (Phi) is 6.44. The summed E-state index contributed by atoms with van der Waals surface area (Å²) in [5.41, 5.74) is 1.25. The Morgan fingerprint density at radius 2 is 1.83 bits per heavy atom. The Balaban J connectivity index is 1.59. The van der Waals surface area contributed by atoms with Gasteiger partial charge in [-0.1, -0.05) is 29.3 Å². The smallest absolute Gasteiger partial charge is 0.0730 e. The van der Waals surface area contributed by atoms with Crippen LogP contribution in [0.5, 0.6) is 0 Å². The molecule has 0 aliphatic carbocycles. The molecule has 0 radical (unpaired) electrons. The predicted molar refractivity (Wildman–Crippen MR) is 101 cm³/mol. The van der Waals surface area contributed by atoms with Crippen LogP contribution in [-0.4, -0.2) is 62.3 Å². The van der Waals surface area contributed by atoms with E-state index in [0.29, 0.717) is 22.1 Å². The number of hydrogen-bond acceptors (Lipinski definition) is 3. The first-order valence-corrected chi connectivity index (χ1v) is 9.71. The quantitative estimate of drug-likeness (QED) is 0.797. The molecule has 2 unspecified atom stereocenters. The number of ether oxygens (including phenoxy) is 1. The van der Waals surface area contributed by atoms with Crippen molar-refractivity contribution in [1.29, 1.82) is 0 Å². The lowest BCUT2D eigenvalue weighted by Crippen LogP contribution is -2.52. The van der Waals surface area contributed by atoms with Crippen molar-refractivity contribution in [2.45, 2.75) is 37.8 Å². The molecule has 1 aromatic carbocycles. The van der Waals surface area contributed by atoms with E-state index in [1.54, 1.807) is 0 Å². The molecule has 2 fully saturated rings. The second-order valence-corrected chi connectivity index (χ2v) is 8.12. The number of piperidine rings is 2. The maximum Gasteiger partial charge on any atom is 0.0730 e. The normalized spacial score (nSPS) is 27.5. The lowest BCUT2D eigenvalue weighted by Gasteiger charge is -2.44. The molecule has 5 heteroatoms. The highest BCUT2D eigenvalue weighted by Crippen LogP contribution is 2.30. The molecule has 2 heterocycles. The fourth-order valence-electron chi connectivity index (χ4n) is 4.15. The number of halogens is 2. The van der Waals surface area contributed by atoms with Crippen molar-refractivity contribution in [3.05, 3.63) is 33.8 Å². The Bertz CT molecular complexity index is 546. The summed E-state index contributed by atoms with van der Waals surface area (Å²) >= 11 is 12.2. The summed E-state index contributed by atoms with van der Waals surface area (Å²) in [4.78, 5) is 5.09. The third-order valence-corrected chi connectivity index (χ3v) is 6.46. The van der Waals surface area contributed by atoms with Crippen molar-refractivity contribution in [2.75, 3.05) is 40.3 Å². The van der Waals surface area contributed by atoms with Gasteiger partial charge in [-0.3, -0.25) is 4.90 Å². The minimum Gasteiger partial charge on any atom is -0.380 e. The highest BCUT2D eigenvalue weighted by molar-refractivity contribution is 6.42. The van der Waals surface area contributed by atoms with Gasteiger partial charge in [0.15, 0.2) is 0 Å². The molecule has 0 spiro atoms. The van der Waals surface area contributed by atoms with Gasteiger partial charge in [0.25, 0.3) is 0 Å². The van der Waals surface area contributed by atoms with Gasteiger partial charge < -0.3 is 9.64 Å². The zero-order valence-corrected chi connectivity index (χ0v) is 16.2. The minimum atomic E-state index is 0.299. The fourth-order valence-corrected chi connectivity index (χ4v) is 4.47. The molecule has 0 N–H and O–H groups in total. The van der Waals surface area contributed by atoms with Crippen LogP contribution in [0.3, 0.4) is 0 Å². The molecule has 24 heavy (non-hydrogen) atoms. The van der Waals surface area contributed by atoms with Crippen LogP contribution in [0.25, 0.3) is 0 Å². The Morgan fingerprint density at radius 1 is 1.08 bits per heavy atom. The van der Waals surface area contributed by atoms with Crippen LogP contribution in [0.1, 0.15) is 24.8 Å². The molecule has 134 valence electrons. The zero-order valence-electron chi connectivity index (χ0n) is 14.7. The number of nitrogens with zero attached hydrogens (tertiary/aromatic N) is 2. The van der Waals surface area contributed by atoms with E-state index in [2.05, 4.69) is 22.9 Å². The monoisotopic (exact) mass is 370 g/mol. The van der Waals surface area contributed by atoms with Crippen molar-refractivity contribution in [3.8, 4) is 0 Å². The summed E-state index contributed by atoms with van der Waals surface area (Å²) in [7, 11) is 4.07. The zero-order chi connectivity index (χ0) is 17.1. The van der Waals surface area contributed by atoms with Crippen LogP contribution >= 0.6 is 23.2 Å². The van der Waals surface area contributed by atoms with E-state index in [-0.39, 0.29) is 0 Å². The van der Waals surface area contributed by atoms with Crippen molar-refractivity contribution in [3.63, 3.8) is 0 Å². The number of methoxy groups -OCH3 is 1. The van der Waals surface area contributed by atoms with E-state index >= 15 is 0 Å². The topological polar surface area (TPSA) is 15.7 Å². The minimum absolute atomic E-state index is 0.299.